The Balaban J connectivity index is 2.19. The van der Waals surface area contributed by atoms with Crippen LogP contribution in [0.25, 0.3) is 6.08 Å². The van der Waals surface area contributed by atoms with Crippen molar-refractivity contribution in [1.29, 1.82) is 0 Å². The number of amides is 3. The molecule has 1 atom stereocenters. The van der Waals surface area contributed by atoms with Crippen molar-refractivity contribution < 1.29 is 14.3 Å². The Bertz CT molecular complexity index is 584. The molecule has 0 saturated carbocycles. The van der Waals surface area contributed by atoms with Crippen molar-refractivity contribution in [3.63, 3.8) is 0 Å². The lowest BCUT2D eigenvalue weighted by Crippen LogP contribution is -2.22. The summed E-state index contributed by atoms with van der Waals surface area (Å²) in [4.78, 5) is 22.4. The lowest BCUT2D eigenvalue weighted by Gasteiger charge is -2.14. The van der Waals surface area contributed by atoms with Crippen molar-refractivity contribution >= 4 is 33.9 Å². The molecule has 1 heterocycles. The van der Waals surface area contributed by atoms with Crippen LogP contribution >= 0.6 is 15.9 Å². The molecule has 0 radical (unpaired) electrons. The number of carbonyl (C=O) groups excluding carboxylic acids is 2. The lowest BCUT2D eigenvalue weighted by atomic mass is 10.2. The molecule has 0 aromatic heterocycles. The van der Waals surface area contributed by atoms with Crippen LogP contribution in [0, 0.1) is 0 Å². The topological polar surface area (TPSA) is 67.4 Å². The molecule has 1 aliphatic heterocycles. The number of hydrogen-bond donors (Lipinski definition) is 2. The second-order valence-corrected chi connectivity index (χ2v) is 5.35. The van der Waals surface area contributed by atoms with E-state index in [2.05, 4.69) is 33.5 Å². The van der Waals surface area contributed by atoms with E-state index in [4.69, 9.17) is 4.74 Å². The molecule has 1 aromatic carbocycles. The molecule has 2 rings (SSSR count). The Morgan fingerprint density at radius 1 is 1.35 bits per heavy atom. The van der Waals surface area contributed by atoms with Gasteiger partial charge in [0.2, 0.25) is 0 Å². The van der Waals surface area contributed by atoms with Gasteiger partial charge < -0.3 is 10.1 Å². The Labute approximate surface area is 125 Å². The highest BCUT2D eigenvalue weighted by Gasteiger charge is 2.22. The van der Waals surface area contributed by atoms with E-state index >= 15 is 0 Å². The van der Waals surface area contributed by atoms with E-state index in [9.17, 15) is 9.59 Å². The van der Waals surface area contributed by atoms with Crippen LogP contribution in [0.2, 0.25) is 0 Å². The van der Waals surface area contributed by atoms with Crippen molar-refractivity contribution in [2.24, 2.45) is 0 Å². The molecule has 0 spiro atoms. The summed E-state index contributed by atoms with van der Waals surface area (Å²) in [5.74, 6) is 0.326. The van der Waals surface area contributed by atoms with Crippen molar-refractivity contribution in [3.8, 4) is 5.75 Å². The van der Waals surface area contributed by atoms with Crippen LogP contribution in [0.4, 0.5) is 4.79 Å². The highest BCUT2D eigenvalue weighted by molar-refractivity contribution is 9.10. The van der Waals surface area contributed by atoms with Gasteiger partial charge in [-0.25, -0.2) is 4.79 Å². The van der Waals surface area contributed by atoms with Gasteiger partial charge in [-0.15, -0.1) is 0 Å². The summed E-state index contributed by atoms with van der Waals surface area (Å²) < 4.78 is 6.54. The average Bonchev–Trinajstić information content (AvgIpc) is 2.71. The van der Waals surface area contributed by atoms with Gasteiger partial charge in [-0.3, -0.25) is 10.1 Å². The van der Waals surface area contributed by atoms with Crippen LogP contribution < -0.4 is 15.4 Å². The molecule has 3 amide bonds. The van der Waals surface area contributed by atoms with Crippen LogP contribution in [0.5, 0.6) is 5.75 Å². The number of urea groups is 1. The number of ether oxygens (including phenoxy) is 1. The van der Waals surface area contributed by atoms with E-state index < -0.39 is 11.9 Å². The molecule has 0 aliphatic carbocycles. The Morgan fingerprint density at radius 2 is 2.10 bits per heavy atom. The van der Waals surface area contributed by atoms with Crippen molar-refractivity contribution in [1.82, 2.24) is 10.6 Å². The largest absolute Gasteiger partial charge is 0.490 e. The third-order valence-electron chi connectivity index (χ3n) is 2.89. The monoisotopic (exact) mass is 338 g/mol. The summed E-state index contributed by atoms with van der Waals surface area (Å²) >= 11 is 3.44. The van der Waals surface area contributed by atoms with Gasteiger partial charge in [0.05, 0.1) is 10.6 Å². The maximum Gasteiger partial charge on any atom is 0.326 e. The molecule has 1 aromatic rings. The highest BCUT2D eigenvalue weighted by Crippen LogP contribution is 2.28. The van der Waals surface area contributed by atoms with Gasteiger partial charge in [-0.2, -0.15) is 0 Å². The minimum atomic E-state index is -0.503. The van der Waals surface area contributed by atoms with E-state index in [1.807, 2.05) is 25.1 Å². The van der Waals surface area contributed by atoms with Gasteiger partial charge in [-0.05, 0) is 53.0 Å². The third kappa shape index (κ3) is 3.39. The lowest BCUT2D eigenvalue weighted by molar-refractivity contribution is -0.115. The molecule has 0 bridgehead atoms. The first kappa shape index (κ1) is 14.6. The second kappa shape index (κ2) is 6.09. The summed E-state index contributed by atoms with van der Waals surface area (Å²) in [5, 5.41) is 4.60. The molecule has 2 N–H and O–H groups in total. The van der Waals surface area contributed by atoms with E-state index in [1.54, 1.807) is 6.08 Å². The predicted octanol–water partition coefficient (Wildman–Crippen LogP) is 2.81. The molecule has 1 saturated heterocycles. The molecule has 6 heteroatoms. The fourth-order valence-electron chi connectivity index (χ4n) is 1.65. The van der Waals surface area contributed by atoms with Crippen molar-refractivity contribution in [2.75, 3.05) is 0 Å². The third-order valence-corrected chi connectivity index (χ3v) is 3.51. The minimum absolute atomic E-state index is 0.135. The average molecular weight is 339 g/mol. The van der Waals surface area contributed by atoms with Crippen LogP contribution in [0.3, 0.4) is 0 Å². The second-order valence-electron chi connectivity index (χ2n) is 4.49. The smallest absolute Gasteiger partial charge is 0.326 e. The summed E-state index contributed by atoms with van der Waals surface area (Å²) in [6.07, 6.45) is 2.66. The summed E-state index contributed by atoms with van der Waals surface area (Å²) in [7, 11) is 0. The minimum Gasteiger partial charge on any atom is -0.490 e. The molecule has 106 valence electrons. The number of hydrogen-bond acceptors (Lipinski definition) is 3. The molecular formula is C14H15BrN2O3. The van der Waals surface area contributed by atoms with Crippen LogP contribution in [-0.2, 0) is 4.79 Å². The number of halogens is 1. The van der Waals surface area contributed by atoms with E-state index in [0.717, 1.165) is 22.2 Å². The molecular weight excluding hydrogens is 324 g/mol. The normalized spacial score (nSPS) is 17.9. The zero-order valence-corrected chi connectivity index (χ0v) is 12.8. The molecule has 20 heavy (non-hydrogen) atoms. The number of benzene rings is 1. The SMILES string of the molecule is CC[C@@H](C)Oc1ccc(/C=C2\NC(=O)NC2=O)cc1Br. The standard InChI is InChI=1S/C14H15BrN2O3/c1-3-8(2)20-12-5-4-9(6-10(12)15)7-11-13(18)17-14(19)16-11/h4-8H,3H2,1-2H3,(H2,16,17,18,19)/b11-7-/t8-/m1/s1. The van der Waals surface area contributed by atoms with Gasteiger partial charge in [0.25, 0.3) is 5.91 Å². The summed E-state index contributed by atoms with van der Waals surface area (Å²) in [5.41, 5.74) is 1.03. The number of carbonyl (C=O) groups is 2. The Morgan fingerprint density at radius 3 is 2.65 bits per heavy atom. The first-order valence-corrected chi connectivity index (χ1v) is 7.09. The fourth-order valence-corrected chi connectivity index (χ4v) is 2.14. The first-order valence-electron chi connectivity index (χ1n) is 6.30. The van der Waals surface area contributed by atoms with Crippen LogP contribution in [0.15, 0.2) is 28.4 Å². The molecule has 0 unspecified atom stereocenters. The van der Waals surface area contributed by atoms with Crippen molar-refractivity contribution in [3.05, 3.63) is 33.9 Å². The number of imide groups is 1. The van der Waals surface area contributed by atoms with E-state index in [0.29, 0.717) is 0 Å². The fraction of sp³-hybridized carbons (Fsp3) is 0.286. The van der Waals surface area contributed by atoms with Gasteiger partial charge in [0.15, 0.2) is 0 Å². The van der Waals surface area contributed by atoms with E-state index in [1.165, 1.54) is 0 Å². The number of nitrogens with one attached hydrogen (secondary N) is 2. The Kier molecular flexibility index (Phi) is 4.44. The Hall–Kier alpha value is -1.82. The molecule has 1 fully saturated rings. The van der Waals surface area contributed by atoms with Gasteiger partial charge >= 0.3 is 6.03 Å². The zero-order valence-electron chi connectivity index (χ0n) is 11.2. The number of rotatable bonds is 4. The quantitative estimate of drug-likeness (QED) is 0.655. The van der Waals surface area contributed by atoms with Gasteiger partial charge in [0.1, 0.15) is 11.4 Å². The van der Waals surface area contributed by atoms with Crippen LogP contribution in [-0.4, -0.2) is 18.0 Å². The predicted molar refractivity (Wildman–Crippen MR) is 79.2 cm³/mol. The maximum atomic E-state index is 11.4. The highest BCUT2D eigenvalue weighted by atomic mass is 79.9. The van der Waals surface area contributed by atoms with Crippen molar-refractivity contribution in [2.45, 2.75) is 26.4 Å². The summed E-state index contributed by atoms with van der Waals surface area (Å²) in [6, 6.07) is 4.99. The first-order chi connectivity index (χ1) is 9.49. The van der Waals surface area contributed by atoms with Gasteiger partial charge in [-0.1, -0.05) is 13.0 Å². The molecule has 5 nitrogen and oxygen atoms in total. The summed E-state index contributed by atoms with van der Waals surface area (Å²) in [6.45, 7) is 4.06. The molecule has 1 aliphatic rings. The van der Waals surface area contributed by atoms with Crippen LogP contribution in [0.1, 0.15) is 25.8 Å². The van der Waals surface area contributed by atoms with Gasteiger partial charge in [0, 0.05) is 0 Å². The van der Waals surface area contributed by atoms with E-state index in [-0.39, 0.29) is 11.8 Å². The zero-order chi connectivity index (χ0) is 14.7. The maximum absolute atomic E-state index is 11.4.